The fourth-order valence-corrected chi connectivity index (χ4v) is 2.88. The maximum Gasteiger partial charge on any atom is 0.254 e. The summed E-state index contributed by atoms with van der Waals surface area (Å²) in [5, 5.41) is 3.02. The van der Waals surface area contributed by atoms with Crippen molar-refractivity contribution in [3.8, 4) is 0 Å². The molecule has 1 heterocycles. The Balaban J connectivity index is 2.21. The van der Waals surface area contributed by atoms with Gasteiger partial charge in [0, 0.05) is 29.0 Å². The Morgan fingerprint density at radius 1 is 1.29 bits per heavy atom. The summed E-state index contributed by atoms with van der Waals surface area (Å²) >= 11 is 5.92. The van der Waals surface area contributed by atoms with E-state index in [1.165, 1.54) is 6.20 Å². The van der Waals surface area contributed by atoms with Gasteiger partial charge in [0.1, 0.15) is 5.15 Å². The number of pyridine rings is 1. The van der Waals surface area contributed by atoms with Crippen molar-refractivity contribution in [2.45, 2.75) is 6.04 Å². The number of aromatic nitrogens is 1. The second kappa shape index (κ2) is 7.33. The van der Waals surface area contributed by atoms with Crippen molar-refractivity contribution in [2.75, 3.05) is 12.0 Å². The molecule has 0 spiro atoms. The van der Waals surface area contributed by atoms with Crippen LogP contribution in [0.3, 0.4) is 0 Å². The van der Waals surface area contributed by atoms with Gasteiger partial charge in [-0.1, -0.05) is 41.9 Å². The zero-order valence-corrected chi connectivity index (χ0v) is 13.0. The van der Waals surface area contributed by atoms with Crippen LogP contribution in [0.1, 0.15) is 22.0 Å². The lowest BCUT2D eigenvalue weighted by Gasteiger charge is -2.18. The van der Waals surface area contributed by atoms with Gasteiger partial charge in [-0.2, -0.15) is 0 Å². The molecule has 0 aliphatic heterocycles. The molecule has 0 aliphatic rings. The van der Waals surface area contributed by atoms with E-state index in [-0.39, 0.29) is 17.1 Å². The highest BCUT2D eigenvalue weighted by molar-refractivity contribution is 7.84. The molecule has 4 nitrogen and oxygen atoms in total. The van der Waals surface area contributed by atoms with Crippen molar-refractivity contribution in [1.29, 1.82) is 0 Å². The predicted molar refractivity (Wildman–Crippen MR) is 84.8 cm³/mol. The average Bonchev–Trinajstić information content (AvgIpc) is 2.47. The number of halogens is 1. The van der Waals surface area contributed by atoms with Gasteiger partial charge in [-0.25, -0.2) is 4.98 Å². The molecule has 0 saturated carbocycles. The molecule has 1 N–H and O–H groups in total. The third kappa shape index (κ3) is 4.37. The van der Waals surface area contributed by atoms with E-state index in [0.717, 1.165) is 5.56 Å². The summed E-state index contributed by atoms with van der Waals surface area (Å²) in [7, 11) is -1.04. The molecule has 0 radical (unpaired) electrons. The highest BCUT2D eigenvalue weighted by atomic mass is 35.5. The predicted octanol–water partition coefficient (Wildman–Crippen LogP) is 2.58. The summed E-state index contributed by atoms with van der Waals surface area (Å²) in [6, 6.07) is 12.4. The van der Waals surface area contributed by atoms with Crippen LogP contribution >= 0.6 is 11.6 Å². The second-order valence-electron chi connectivity index (χ2n) is 4.52. The molecule has 1 aromatic heterocycles. The van der Waals surface area contributed by atoms with Gasteiger partial charge in [-0.3, -0.25) is 9.00 Å². The number of nitrogens with one attached hydrogen (secondary N) is 1. The lowest BCUT2D eigenvalue weighted by atomic mass is 10.1. The molecule has 0 bridgehead atoms. The molecular formula is C15H15ClN2O2S. The van der Waals surface area contributed by atoms with E-state index in [9.17, 15) is 9.00 Å². The second-order valence-corrected chi connectivity index (χ2v) is 6.36. The summed E-state index contributed by atoms with van der Waals surface area (Å²) in [5.41, 5.74) is 1.21. The standard InChI is InChI=1S/C15H15ClN2O2S/c1-21(20)10-13(11-6-3-2-4-7-11)18-15(19)12-8-5-9-17-14(12)16/h2-9,13H,10H2,1H3,(H,18,19)/t13-,21-/m1/s1. The minimum atomic E-state index is -1.04. The van der Waals surface area contributed by atoms with E-state index in [2.05, 4.69) is 10.3 Å². The lowest BCUT2D eigenvalue weighted by molar-refractivity contribution is 0.0940. The molecule has 0 fully saturated rings. The van der Waals surface area contributed by atoms with E-state index >= 15 is 0 Å². The van der Waals surface area contributed by atoms with Gasteiger partial charge in [0.05, 0.1) is 11.6 Å². The van der Waals surface area contributed by atoms with Crippen molar-refractivity contribution in [3.63, 3.8) is 0 Å². The molecule has 21 heavy (non-hydrogen) atoms. The van der Waals surface area contributed by atoms with Gasteiger partial charge in [0.2, 0.25) is 0 Å². The largest absolute Gasteiger partial charge is 0.344 e. The maximum atomic E-state index is 12.3. The van der Waals surface area contributed by atoms with Crippen LogP contribution in [-0.4, -0.2) is 27.1 Å². The number of hydrogen-bond donors (Lipinski definition) is 1. The van der Waals surface area contributed by atoms with E-state index in [1.54, 1.807) is 18.4 Å². The van der Waals surface area contributed by atoms with Crippen LogP contribution in [0.25, 0.3) is 0 Å². The van der Waals surface area contributed by atoms with Gasteiger partial charge in [0.15, 0.2) is 0 Å². The Kier molecular flexibility index (Phi) is 5.47. The third-order valence-electron chi connectivity index (χ3n) is 2.91. The Labute approximate surface area is 131 Å². The molecule has 6 heteroatoms. The van der Waals surface area contributed by atoms with Crippen molar-refractivity contribution >= 4 is 28.3 Å². The van der Waals surface area contributed by atoms with E-state index in [4.69, 9.17) is 11.6 Å². The van der Waals surface area contributed by atoms with Crippen molar-refractivity contribution in [1.82, 2.24) is 10.3 Å². The van der Waals surface area contributed by atoms with Crippen LogP contribution in [0, 0.1) is 0 Å². The van der Waals surface area contributed by atoms with Gasteiger partial charge in [-0.15, -0.1) is 0 Å². The summed E-state index contributed by atoms with van der Waals surface area (Å²) < 4.78 is 11.5. The molecule has 2 aromatic rings. The normalized spacial score (nSPS) is 13.4. The highest BCUT2D eigenvalue weighted by Crippen LogP contribution is 2.17. The van der Waals surface area contributed by atoms with Crippen LogP contribution < -0.4 is 5.32 Å². The van der Waals surface area contributed by atoms with Gasteiger partial charge < -0.3 is 5.32 Å². The Morgan fingerprint density at radius 2 is 2.00 bits per heavy atom. The third-order valence-corrected chi connectivity index (χ3v) is 4.02. The first-order chi connectivity index (χ1) is 10.1. The maximum absolute atomic E-state index is 12.3. The molecule has 1 amide bonds. The lowest BCUT2D eigenvalue weighted by Crippen LogP contribution is -2.32. The molecule has 0 aliphatic carbocycles. The fourth-order valence-electron chi connectivity index (χ4n) is 1.93. The first-order valence-corrected chi connectivity index (χ1v) is 8.45. The molecule has 110 valence electrons. The molecule has 0 unspecified atom stereocenters. The SMILES string of the molecule is C[S@@](=O)C[C@@H](NC(=O)c1cccnc1Cl)c1ccccc1. The van der Waals surface area contributed by atoms with Gasteiger partial charge in [-0.05, 0) is 17.7 Å². The minimum Gasteiger partial charge on any atom is -0.344 e. The van der Waals surface area contributed by atoms with Crippen molar-refractivity contribution in [3.05, 3.63) is 64.9 Å². The average molecular weight is 323 g/mol. The molecule has 1 aromatic carbocycles. The fraction of sp³-hybridized carbons (Fsp3) is 0.200. The van der Waals surface area contributed by atoms with E-state index in [0.29, 0.717) is 11.3 Å². The number of rotatable bonds is 5. The Morgan fingerprint density at radius 3 is 2.62 bits per heavy atom. The topological polar surface area (TPSA) is 59.1 Å². The molecule has 2 atom stereocenters. The van der Waals surface area contributed by atoms with Gasteiger partial charge >= 0.3 is 0 Å². The summed E-state index contributed by atoms with van der Waals surface area (Å²) in [4.78, 5) is 16.2. The van der Waals surface area contributed by atoms with Crippen molar-refractivity contribution < 1.29 is 9.00 Å². The first kappa shape index (κ1) is 15.7. The zero-order chi connectivity index (χ0) is 15.2. The number of amides is 1. The van der Waals surface area contributed by atoms with Crippen molar-refractivity contribution in [2.24, 2.45) is 0 Å². The highest BCUT2D eigenvalue weighted by Gasteiger charge is 2.18. The van der Waals surface area contributed by atoms with Crippen LogP contribution in [-0.2, 0) is 10.8 Å². The number of benzene rings is 1. The van der Waals surface area contributed by atoms with E-state index in [1.807, 2.05) is 30.3 Å². The first-order valence-electron chi connectivity index (χ1n) is 6.34. The van der Waals surface area contributed by atoms with Crippen LogP contribution in [0.2, 0.25) is 5.15 Å². The van der Waals surface area contributed by atoms with Crippen LogP contribution in [0.15, 0.2) is 48.7 Å². The Hall–Kier alpha value is -1.72. The van der Waals surface area contributed by atoms with Crippen LogP contribution in [0.4, 0.5) is 0 Å². The minimum absolute atomic E-state index is 0.152. The summed E-state index contributed by atoms with van der Waals surface area (Å²) in [5.74, 6) is 0.0144. The van der Waals surface area contributed by atoms with Gasteiger partial charge in [0.25, 0.3) is 5.91 Å². The van der Waals surface area contributed by atoms with E-state index < -0.39 is 10.8 Å². The number of nitrogens with zero attached hydrogens (tertiary/aromatic N) is 1. The smallest absolute Gasteiger partial charge is 0.254 e. The zero-order valence-electron chi connectivity index (χ0n) is 11.5. The van der Waals surface area contributed by atoms with Crippen LogP contribution in [0.5, 0.6) is 0 Å². The summed E-state index contributed by atoms with van der Waals surface area (Å²) in [6.45, 7) is 0. The monoisotopic (exact) mass is 322 g/mol. The quantitative estimate of drug-likeness (QED) is 0.861. The number of carbonyl (C=O) groups is 1. The molecule has 2 rings (SSSR count). The molecular weight excluding hydrogens is 308 g/mol. The number of hydrogen-bond acceptors (Lipinski definition) is 3. The number of carbonyl (C=O) groups excluding carboxylic acids is 1. The Bertz CT molecular complexity index is 649. The molecule has 0 saturated heterocycles. The summed E-state index contributed by atoms with van der Waals surface area (Å²) in [6.07, 6.45) is 3.13.